The van der Waals surface area contributed by atoms with Crippen molar-refractivity contribution in [3.63, 3.8) is 0 Å². The van der Waals surface area contributed by atoms with E-state index in [1.54, 1.807) is 7.11 Å². The summed E-state index contributed by atoms with van der Waals surface area (Å²) in [5.74, 6) is 0.885. The molecule has 0 unspecified atom stereocenters. The van der Waals surface area contributed by atoms with Crippen molar-refractivity contribution in [2.24, 2.45) is 0 Å². The van der Waals surface area contributed by atoms with Crippen molar-refractivity contribution in [2.75, 3.05) is 19.1 Å². The molecular weight excluding hydrogens is 246 g/mol. The molecule has 0 fully saturated rings. The van der Waals surface area contributed by atoms with Crippen LogP contribution in [0.5, 0.6) is 5.75 Å². The molecule has 102 valence electrons. The van der Waals surface area contributed by atoms with Crippen LogP contribution < -0.4 is 9.64 Å². The van der Waals surface area contributed by atoms with Gasteiger partial charge in [0.1, 0.15) is 5.75 Å². The van der Waals surface area contributed by atoms with Crippen molar-refractivity contribution in [1.29, 1.82) is 0 Å². The average molecular weight is 265 g/mol. The summed E-state index contributed by atoms with van der Waals surface area (Å²) in [5, 5.41) is 0. The minimum atomic E-state index is 0.885. The topological polar surface area (TPSA) is 12.5 Å². The van der Waals surface area contributed by atoms with Crippen LogP contribution in [0.15, 0.2) is 48.5 Å². The van der Waals surface area contributed by atoms with E-state index in [1.807, 2.05) is 12.1 Å². The number of nitrogens with zero attached hydrogens (tertiary/aromatic N) is 1. The predicted molar refractivity (Wildman–Crippen MR) is 84.9 cm³/mol. The van der Waals surface area contributed by atoms with Crippen LogP contribution in [0.1, 0.15) is 17.5 Å². The Kier molecular flexibility index (Phi) is 3.46. The van der Waals surface area contributed by atoms with Crippen LogP contribution in [0, 0.1) is 0 Å². The summed E-state index contributed by atoms with van der Waals surface area (Å²) >= 11 is 0. The molecule has 0 radical (unpaired) electrons. The van der Waals surface area contributed by atoms with Crippen molar-refractivity contribution in [3.05, 3.63) is 59.7 Å². The number of hydrogen-bond donors (Lipinski definition) is 0. The maximum Gasteiger partial charge on any atom is 0.119 e. The van der Waals surface area contributed by atoms with Gasteiger partial charge >= 0.3 is 0 Å². The zero-order valence-corrected chi connectivity index (χ0v) is 12.0. The first-order valence-electron chi connectivity index (χ1n) is 6.95. The summed E-state index contributed by atoms with van der Waals surface area (Å²) in [6.45, 7) is 0. The Morgan fingerprint density at radius 2 is 1.75 bits per heavy atom. The van der Waals surface area contributed by atoms with Gasteiger partial charge in [0.15, 0.2) is 0 Å². The van der Waals surface area contributed by atoms with Gasteiger partial charge in [-0.05, 0) is 60.4 Å². The van der Waals surface area contributed by atoms with Gasteiger partial charge in [-0.15, -0.1) is 0 Å². The molecule has 2 heteroatoms. The maximum atomic E-state index is 5.20. The molecule has 0 spiro atoms. The molecule has 2 aromatic carbocycles. The largest absolute Gasteiger partial charge is 0.497 e. The van der Waals surface area contributed by atoms with Crippen molar-refractivity contribution >= 4 is 17.5 Å². The van der Waals surface area contributed by atoms with E-state index in [-0.39, 0.29) is 0 Å². The molecule has 1 aliphatic carbocycles. The molecule has 0 amide bonds. The second-order valence-corrected chi connectivity index (χ2v) is 5.08. The van der Waals surface area contributed by atoms with E-state index in [0.29, 0.717) is 0 Å². The van der Waals surface area contributed by atoms with Gasteiger partial charge in [-0.25, -0.2) is 0 Å². The van der Waals surface area contributed by atoms with Crippen molar-refractivity contribution in [2.45, 2.75) is 12.8 Å². The van der Waals surface area contributed by atoms with Gasteiger partial charge in [0.25, 0.3) is 0 Å². The minimum Gasteiger partial charge on any atom is -0.497 e. The standard InChI is InChI=1S/C18H19NO/c1-19(16-9-11-18(20-2)12-10-16)17-8-7-14-5-3-4-6-15(14)13-17/h4,6-13H,3,5H2,1-2H3. The minimum absolute atomic E-state index is 0.885. The molecule has 0 bridgehead atoms. The molecule has 20 heavy (non-hydrogen) atoms. The Bertz CT molecular complexity index is 628. The molecule has 0 saturated heterocycles. The van der Waals surface area contributed by atoms with Crippen LogP contribution in [-0.4, -0.2) is 14.2 Å². The van der Waals surface area contributed by atoms with Crippen molar-refractivity contribution in [1.82, 2.24) is 0 Å². The SMILES string of the molecule is COc1ccc(N(C)c2ccc3c(c2)C=CCC3)cc1. The van der Waals surface area contributed by atoms with Crippen LogP contribution in [0.3, 0.4) is 0 Å². The van der Waals surface area contributed by atoms with E-state index in [4.69, 9.17) is 4.74 Å². The highest BCUT2D eigenvalue weighted by Gasteiger charge is 2.09. The number of fused-ring (bicyclic) bond motifs is 1. The summed E-state index contributed by atoms with van der Waals surface area (Å²) < 4.78 is 5.20. The molecule has 2 nitrogen and oxygen atoms in total. The fraction of sp³-hybridized carbons (Fsp3) is 0.222. The molecule has 0 heterocycles. The van der Waals surface area contributed by atoms with Crippen LogP contribution in [0.4, 0.5) is 11.4 Å². The molecular formula is C18H19NO. The zero-order chi connectivity index (χ0) is 13.9. The first kappa shape index (κ1) is 12.8. The van der Waals surface area contributed by atoms with E-state index in [9.17, 15) is 0 Å². The highest BCUT2D eigenvalue weighted by molar-refractivity contribution is 5.68. The number of benzene rings is 2. The van der Waals surface area contributed by atoms with E-state index in [2.05, 4.69) is 54.4 Å². The van der Waals surface area contributed by atoms with E-state index in [1.165, 1.54) is 16.8 Å². The average Bonchev–Trinajstić information content (AvgIpc) is 2.54. The smallest absolute Gasteiger partial charge is 0.119 e. The van der Waals surface area contributed by atoms with Gasteiger partial charge in [-0.3, -0.25) is 0 Å². The number of ether oxygens (including phenoxy) is 1. The predicted octanol–water partition coefficient (Wildman–Crippen LogP) is 4.42. The number of allylic oxidation sites excluding steroid dienone is 1. The van der Waals surface area contributed by atoms with E-state index >= 15 is 0 Å². The number of hydrogen-bond acceptors (Lipinski definition) is 2. The number of rotatable bonds is 3. The van der Waals surface area contributed by atoms with Crippen LogP contribution >= 0.6 is 0 Å². The number of methoxy groups -OCH3 is 1. The molecule has 0 aliphatic heterocycles. The molecule has 0 aromatic heterocycles. The van der Waals surface area contributed by atoms with Crippen LogP contribution in [-0.2, 0) is 6.42 Å². The summed E-state index contributed by atoms with van der Waals surface area (Å²) in [4.78, 5) is 2.20. The Morgan fingerprint density at radius 3 is 2.50 bits per heavy atom. The van der Waals surface area contributed by atoms with Crippen LogP contribution in [0.2, 0.25) is 0 Å². The maximum absolute atomic E-state index is 5.20. The Balaban J connectivity index is 1.90. The molecule has 0 N–H and O–H groups in total. The summed E-state index contributed by atoms with van der Waals surface area (Å²) in [7, 11) is 3.78. The monoisotopic (exact) mass is 265 g/mol. The molecule has 1 aliphatic rings. The molecule has 3 rings (SSSR count). The van der Waals surface area contributed by atoms with E-state index < -0.39 is 0 Å². The molecule has 2 aromatic rings. The lowest BCUT2D eigenvalue weighted by atomic mass is 9.97. The van der Waals surface area contributed by atoms with Gasteiger partial charge in [0.05, 0.1) is 7.11 Å². The van der Waals surface area contributed by atoms with Gasteiger partial charge in [0, 0.05) is 18.4 Å². The highest BCUT2D eigenvalue weighted by Crippen LogP contribution is 2.29. The second kappa shape index (κ2) is 5.41. The van der Waals surface area contributed by atoms with Gasteiger partial charge in [0.2, 0.25) is 0 Å². The van der Waals surface area contributed by atoms with Crippen LogP contribution in [0.25, 0.3) is 6.08 Å². The van der Waals surface area contributed by atoms with Gasteiger partial charge < -0.3 is 9.64 Å². The normalized spacial score (nSPS) is 12.9. The third kappa shape index (κ3) is 2.42. The number of anilines is 2. The fourth-order valence-electron chi connectivity index (χ4n) is 2.58. The molecule has 0 atom stereocenters. The quantitative estimate of drug-likeness (QED) is 0.814. The number of aryl methyl sites for hydroxylation is 1. The summed E-state index contributed by atoms with van der Waals surface area (Å²) in [6.07, 6.45) is 6.78. The first-order valence-corrected chi connectivity index (χ1v) is 6.95. The third-order valence-electron chi connectivity index (χ3n) is 3.85. The third-order valence-corrected chi connectivity index (χ3v) is 3.85. The summed E-state index contributed by atoms with van der Waals surface area (Å²) in [5.41, 5.74) is 5.15. The lowest BCUT2D eigenvalue weighted by Gasteiger charge is -2.22. The van der Waals surface area contributed by atoms with E-state index in [0.717, 1.165) is 24.3 Å². The lowest BCUT2D eigenvalue weighted by molar-refractivity contribution is 0.415. The second-order valence-electron chi connectivity index (χ2n) is 5.08. The zero-order valence-electron chi connectivity index (χ0n) is 12.0. The van der Waals surface area contributed by atoms with Gasteiger partial charge in [-0.2, -0.15) is 0 Å². The van der Waals surface area contributed by atoms with Gasteiger partial charge in [-0.1, -0.05) is 18.2 Å². The fourth-order valence-corrected chi connectivity index (χ4v) is 2.58. The Labute approximate surface area is 120 Å². The highest BCUT2D eigenvalue weighted by atomic mass is 16.5. The van der Waals surface area contributed by atoms with Crippen molar-refractivity contribution < 1.29 is 4.74 Å². The Morgan fingerprint density at radius 1 is 1.00 bits per heavy atom. The Hall–Kier alpha value is -2.22. The lowest BCUT2D eigenvalue weighted by Crippen LogP contribution is -2.10. The summed E-state index contributed by atoms with van der Waals surface area (Å²) in [6, 6.07) is 14.8. The van der Waals surface area contributed by atoms with Crippen molar-refractivity contribution in [3.8, 4) is 5.75 Å². The molecule has 0 saturated carbocycles. The first-order chi connectivity index (χ1) is 9.78.